The minimum atomic E-state index is -1.39. The summed E-state index contributed by atoms with van der Waals surface area (Å²) in [7, 11) is 0. The number of ether oxygens (including phenoxy) is 1. The molecular weight excluding hydrogens is 512 g/mol. The van der Waals surface area contributed by atoms with Crippen molar-refractivity contribution in [2.24, 2.45) is 0 Å². The van der Waals surface area contributed by atoms with Gasteiger partial charge in [-0.05, 0) is 54.3 Å². The van der Waals surface area contributed by atoms with Gasteiger partial charge in [0, 0.05) is 40.9 Å². The fraction of sp³-hybridized carbons (Fsp3) is 0.296. The van der Waals surface area contributed by atoms with Crippen LogP contribution in [0.25, 0.3) is 0 Å². The summed E-state index contributed by atoms with van der Waals surface area (Å²) < 4.78 is 5.85. The zero-order chi connectivity index (χ0) is 26.6. The molecule has 38 heavy (non-hydrogen) atoms. The van der Waals surface area contributed by atoms with E-state index in [1.165, 1.54) is 12.1 Å². The van der Waals surface area contributed by atoms with Crippen LogP contribution in [-0.2, 0) is 16.9 Å². The van der Waals surface area contributed by atoms with Crippen LogP contribution in [0.3, 0.4) is 0 Å². The molecule has 0 unspecified atom stereocenters. The van der Waals surface area contributed by atoms with E-state index in [4.69, 9.17) is 16.3 Å². The molecule has 6 rings (SSSR count). The third kappa shape index (κ3) is 3.55. The molecular formula is C27H23ClN4O6. The maximum absolute atomic E-state index is 13.5. The average molecular weight is 535 g/mol. The van der Waals surface area contributed by atoms with Crippen molar-refractivity contribution in [2.45, 2.75) is 43.0 Å². The van der Waals surface area contributed by atoms with E-state index < -0.39 is 22.4 Å². The second kappa shape index (κ2) is 9.07. The molecule has 0 bridgehead atoms. The van der Waals surface area contributed by atoms with Crippen molar-refractivity contribution in [3.63, 3.8) is 0 Å². The molecule has 3 aromatic carbocycles. The summed E-state index contributed by atoms with van der Waals surface area (Å²) in [6, 6.07) is 17.0. The molecule has 1 N–H and O–H groups in total. The first-order valence-corrected chi connectivity index (χ1v) is 12.7. The molecule has 10 nitrogen and oxygen atoms in total. The quantitative estimate of drug-likeness (QED) is 0.352. The molecule has 2 fully saturated rings. The van der Waals surface area contributed by atoms with E-state index in [0.29, 0.717) is 34.1 Å². The number of carbonyl (C=O) groups excluding carboxylic acids is 1. The number of nitrogens with zero attached hydrogens (tertiary/aromatic N) is 3. The van der Waals surface area contributed by atoms with Gasteiger partial charge >= 0.3 is 0 Å². The predicted octanol–water partition coefficient (Wildman–Crippen LogP) is 4.88. The Balaban J connectivity index is 1.33. The molecule has 3 aromatic rings. The number of halogens is 1. The maximum Gasteiger partial charge on any atom is 0.269 e. The molecule has 0 radical (unpaired) electrons. The summed E-state index contributed by atoms with van der Waals surface area (Å²) in [6.07, 6.45) is 1.58. The van der Waals surface area contributed by atoms with Gasteiger partial charge in [-0.1, -0.05) is 35.9 Å². The van der Waals surface area contributed by atoms with E-state index in [1.54, 1.807) is 36.4 Å². The molecule has 2 saturated heterocycles. The van der Waals surface area contributed by atoms with Crippen molar-refractivity contribution in [3.05, 3.63) is 109 Å². The largest absolute Gasteiger partial charge is 0.487 e. The van der Waals surface area contributed by atoms with Crippen LogP contribution >= 0.6 is 11.6 Å². The summed E-state index contributed by atoms with van der Waals surface area (Å²) in [5.74, 6) is -0.513. The van der Waals surface area contributed by atoms with Gasteiger partial charge in [-0.25, -0.2) is 0 Å². The highest BCUT2D eigenvalue weighted by Crippen LogP contribution is 2.58. The lowest BCUT2D eigenvalue weighted by molar-refractivity contribution is -0.534. The second-order valence-electron chi connectivity index (χ2n) is 9.83. The maximum atomic E-state index is 13.5. The summed E-state index contributed by atoms with van der Waals surface area (Å²) in [6.45, 7) is 0.742. The van der Waals surface area contributed by atoms with Crippen molar-refractivity contribution >= 4 is 28.9 Å². The van der Waals surface area contributed by atoms with Gasteiger partial charge in [0.05, 0.1) is 15.9 Å². The molecule has 3 aliphatic heterocycles. The molecule has 1 spiro atoms. The summed E-state index contributed by atoms with van der Waals surface area (Å²) in [5, 5.41) is 26.8. The molecule has 0 aromatic heterocycles. The van der Waals surface area contributed by atoms with E-state index in [0.717, 1.165) is 18.4 Å². The number of non-ortho nitro benzene ring substituents is 1. The average Bonchev–Trinajstić information content (AvgIpc) is 3.56. The minimum Gasteiger partial charge on any atom is -0.487 e. The Morgan fingerprint density at radius 3 is 2.55 bits per heavy atom. The summed E-state index contributed by atoms with van der Waals surface area (Å²) >= 11 is 6.59. The number of rotatable bonds is 6. The monoisotopic (exact) mass is 534 g/mol. The topological polar surface area (TPSA) is 128 Å². The minimum absolute atomic E-state index is 0.00895. The normalized spacial score (nSPS) is 25.7. The summed E-state index contributed by atoms with van der Waals surface area (Å²) in [5.41, 5.74) is 1.28. The number of fused-ring (bicyclic) bond motifs is 4. The van der Waals surface area contributed by atoms with Crippen LogP contribution in [0.15, 0.2) is 66.7 Å². The number of nitrogens with one attached hydrogen (secondary N) is 1. The molecule has 4 atom stereocenters. The molecule has 0 aliphatic carbocycles. The predicted molar refractivity (Wildman–Crippen MR) is 139 cm³/mol. The Hall–Kier alpha value is -4.02. The first-order chi connectivity index (χ1) is 18.3. The van der Waals surface area contributed by atoms with E-state index >= 15 is 0 Å². The van der Waals surface area contributed by atoms with Gasteiger partial charge in [0.2, 0.25) is 0 Å². The zero-order valence-corrected chi connectivity index (χ0v) is 20.8. The van der Waals surface area contributed by atoms with Gasteiger partial charge in [-0.3, -0.25) is 29.9 Å². The number of hydrogen-bond acceptors (Lipinski definition) is 7. The third-order valence-electron chi connectivity index (χ3n) is 7.98. The molecule has 11 heteroatoms. The summed E-state index contributed by atoms with van der Waals surface area (Å²) in [4.78, 5) is 38.4. The lowest BCUT2D eigenvalue weighted by Crippen LogP contribution is -2.55. The highest BCUT2D eigenvalue weighted by Gasteiger charge is 2.73. The van der Waals surface area contributed by atoms with Crippen LogP contribution in [0.2, 0.25) is 5.02 Å². The number of nitro groups is 2. The SMILES string of the molecule is O=C1Nc2ccccc2[C@]12[C@H]([N+](=O)[O-])[C@H](c1ccc(OCc3ccc([N+](=O)[O-])cc3)c(Cl)c1)[C@H]1CCCN12. The van der Waals surface area contributed by atoms with Gasteiger partial charge in [-0.2, -0.15) is 0 Å². The van der Waals surface area contributed by atoms with Gasteiger partial charge in [0.25, 0.3) is 17.6 Å². The third-order valence-corrected chi connectivity index (χ3v) is 8.27. The molecule has 0 saturated carbocycles. The Bertz CT molecular complexity index is 1460. The van der Waals surface area contributed by atoms with Gasteiger partial charge in [0.1, 0.15) is 12.4 Å². The number of para-hydroxylation sites is 1. The van der Waals surface area contributed by atoms with Crippen molar-refractivity contribution in [1.82, 2.24) is 4.90 Å². The van der Waals surface area contributed by atoms with E-state index in [2.05, 4.69) is 5.32 Å². The number of amides is 1. The Morgan fingerprint density at radius 1 is 1.08 bits per heavy atom. The molecule has 3 heterocycles. The standard InChI is InChI=1S/C27H23ClN4O6/c28-20-14-17(9-12-23(20)38-15-16-7-10-18(11-8-16)31(34)35)24-22-6-3-13-30(22)27(25(24)32(36)37)19-4-1-2-5-21(19)29-26(27)33/h1-2,4-5,7-12,14,22,24-25H,3,6,13,15H2,(H,29,33)/t22-,24-,25-,27+/m1/s1. The highest BCUT2D eigenvalue weighted by molar-refractivity contribution is 6.32. The van der Waals surface area contributed by atoms with E-state index in [1.807, 2.05) is 23.1 Å². The Kier molecular flexibility index (Phi) is 5.81. The number of hydrogen-bond donors (Lipinski definition) is 1. The zero-order valence-electron chi connectivity index (χ0n) is 20.1. The van der Waals surface area contributed by atoms with Crippen LogP contribution in [0.5, 0.6) is 5.75 Å². The van der Waals surface area contributed by atoms with Crippen molar-refractivity contribution in [1.29, 1.82) is 0 Å². The first kappa shape index (κ1) is 24.3. The first-order valence-electron chi connectivity index (χ1n) is 12.3. The molecule has 1 amide bonds. The number of carbonyl (C=O) groups is 1. The van der Waals surface area contributed by atoms with Crippen LogP contribution in [0.1, 0.15) is 35.4 Å². The highest BCUT2D eigenvalue weighted by atomic mass is 35.5. The van der Waals surface area contributed by atoms with Crippen molar-refractivity contribution < 1.29 is 19.4 Å². The van der Waals surface area contributed by atoms with Crippen molar-refractivity contribution in [3.8, 4) is 5.75 Å². The van der Waals surface area contributed by atoms with Gasteiger partial charge in [-0.15, -0.1) is 0 Å². The number of anilines is 1. The van der Waals surface area contributed by atoms with Crippen molar-refractivity contribution in [2.75, 3.05) is 11.9 Å². The fourth-order valence-electron chi connectivity index (χ4n) is 6.49. The fourth-order valence-corrected chi connectivity index (χ4v) is 6.74. The van der Waals surface area contributed by atoms with Gasteiger partial charge < -0.3 is 10.1 Å². The molecule has 3 aliphatic rings. The van der Waals surface area contributed by atoms with E-state index in [9.17, 15) is 25.0 Å². The molecule has 194 valence electrons. The van der Waals surface area contributed by atoms with Crippen LogP contribution in [0, 0.1) is 20.2 Å². The Morgan fingerprint density at radius 2 is 1.84 bits per heavy atom. The Labute approximate surface area is 222 Å². The second-order valence-corrected chi connectivity index (χ2v) is 10.2. The lowest BCUT2D eigenvalue weighted by atomic mass is 9.77. The number of benzene rings is 3. The van der Waals surface area contributed by atoms with Crippen LogP contribution < -0.4 is 10.1 Å². The lowest BCUT2D eigenvalue weighted by Gasteiger charge is -2.32. The van der Waals surface area contributed by atoms with Crippen LogP contribution in [0.4, 0.5) is 11.4 Å². The van der Waals surface area contributed by atoms with E-state index in [-0.39, 0.29) is 29.2 Å². The smallest absolute Gasteiger partial charge is 0.269 e. The van der Waals surface area contributed by atoms with Gasteiger partial charge in [0.15, 0.2) is 5.54 Å². The van der Waals surface area contributed by atoms with Crippen LogP contribution in [-0.4, -0.2) is 39.3 Å². The number of nitro benzene ring substituents is 1.